The molecule has 1 aliphatic rings. The first-order valence-corrected chi connectivity index (χ1v) is 6.84. The zero-order valence-electron chi connectivity index (χ0n) is 10.3. The SMILES string of the molecule is OCC1CCCC1CNCc1cc(F)ccc1Cl. The molecular formula is C14H19ClFNO. The van der Waals surface area contributed by atoms with Gasteiger partial charge in [-0.3, -0.25) is 0 Å². The lowest BCUT2D eigenvalue weighted by atomic mass is 9.97. The van der Waals surface area contributed by atoms with Crippen LogP contribution < -0.4 is 5.32 Å². The number of nitrogens with one attached hydrogen (secondary N) is 1. The number of hydrogen-bond donors (Lipinski definition) is 2. The smallest absolute Gasteiger partial charge is 0.123 e. The Balaban J connectivity index is 1.83. The molecule has 1 aromatic carbocycles. The van der Waals surface area contributed by atoms with E-state index in [9.17, 15) is 9.50 Å². The molecule has 1 aliphatic carbocycles. The van der Waals surface area contributed by atoms with Crippen LogP contribution in [0.4, 0.5) is 4.39 Å². The Bertz CT molecular complexity index is 399. The van der Waals surface area contributed by atoms with Crippen LogP contribution in [-0.2, 0) is 6.54 Å². The van der Waals surface area contributed by atoms with E-state index in [1.807, 2.05) is 0 Å². The van der Waals surface area contributed by atoms with E-state index in [4.69, 9.17) is 11.6 Å². The van der Waals surface area contributed by atoms with Gasteiger partial charge < -0.3 is 10.4 Å². The predicted molar refractivity (Wildman–Crippen MR) is 71.0 cm³/mol. The second kappa shape index (κ2) is 6.50. The summed E-state index contributed by atoms with van der Waals surface area (Å²) in [6.07, 6.45) is 3.47. The van der Waals surface area contributed by atoms with Crippen LogP contribution in [0.2, 0.25) is 5.02 Å². The zero-order valence-corrected chi connectivity index (χ0v) is 11.1. The van der Waals surface area contributed by atoms with Gasteiger partial charge in [-0.05, 0) is 55.0 Å². The predicted octanol–water partition coefficient (Wildman–Crippen LogP) is 2.98. The van der Waals surface area contributed by atoms with Gasteiger partial charge in [-0.25, -0.2) is 4.39 Å². The highest BCUT2D eigenvalue weighted by molar-refractivity contribution is 6.31. The second-order valence-electron chi connectivity index (χ2n) is 5.00. The number of halogens is 2. The molecule has 18 heavy (non-hydrogen) atoms. The molecule has 2 atom stereocenters. The van der Waals surface area contributed by atoms with Gasteiger partial charge in [0.1, 0.15) is 5.82 Å². The molecule has 1 aromatic rings. The molecule has 4 heteroatoms. The summed E-state index contributed by atoms with van der Waals surface area (Å²) < 4.78 is 13.1. The number of hydrogen-bond acceptors (Lipinski definition) is 2. The minimum atomic E-state index is -0.259. The fraction of sp³-hybridized carbons (Fsp3) is 0.571. The minimum absolute atomic E-state index is 0.259. The highest BCUT2D eigenvalue weighted by Gasteiger charge is 2.25. The van der Waals surface area contributed by atoms with Gasteiger partial charge in [0.25, 0.3) is 0 Å². The van der Waals surface area contributed by atoms with Gasteiger partial charge >= 0.3 is 0 Å². The van der Waals surface area contributed by atoms with Gasteiger partial charge in [-0.15, -0.1) is 0 Å². The topological polar surface area (TPSA) is 32.3 Å². The highest BCUT2D eigenvalue weighted by Crippen LogP contribution is 2.30. The number of benzene rings is 1. The summed E-state index contributed by atoms with van der Waals surface area (Å²) in [5.74, 6) is 0.688. The molecule has 0 aromatic heterocycles. The first-order chi connectivity index (χ1) is 8.70. The van der Waals surface area contributed by atoms with Crippen molar-refractivity contribution in [3.63, 3.8) is 0 Å². The Morgan fingerprint density at radius 2 is 2.11 bits per heavy atom. The van der Waals surface area contributed by atoms with Gasteiger partial charge in [0.15, 0.2) is 0 Å². The van der Waals surface area contributed by atoms with Gasteiger partial charge in [-0.2, -0.15) is 0 Å². The monoisotopic (exact) mass is 271 g/mol. The molecule has 2 N–H and O–H groups in total. The van der Waals surface area contributed by atoms with Crippen molar-refractivity contribution >= 4 is 11.6 Å². The van der Waals surface area contributed by atoms with E-state index in [-0.39, 0.29) is 12.4 Å². The summed E-state index contributed by atoms with van der Waals surface area (Å²) >= 11 is 6.00. The molecule has 1 saturated carbocycles. The Hall–Kier alpha value is -0.640. The molecular weight excluding hydrogens is 253 g/mol. The number of rotatable bonds is 5. The molecule has 0 spiro atoms. The van der Waals surface area contributed by atoms with Crippen molar-refractivity contribution in [3.8, 4) is 0 Å². The largest absolute Gasteiger partial charge is 0.396 e. The summed E-state index contributed by atoms with van der Waals surface area (Å²) in [7, 11) is 0. The maximum atomic E-state index is 13.1. The Morgan fingerprint density at radius 1 is 1.33 bits per heavy atom. The summed E-state index contributed by atoms with van der Waals surface area (Å²) in [6.45, 7) is 1.70. The molecule has 0 heterocycles. The molecule has 0 aliphatic heterocycles. The van der Waals surface area contributed by atoms with Crippen LogP contribution in [0.15, 0.2) is 18.2 Å². The molecule has 0 radical (unpaired) electrons. The minimum Gasteiger partial charge on any atom is -0.396 e. The maximum Gasteiger partial charge on any atom is 0.123 e. The Morgan fingerprint density at radius 3 is 2.89 bits per heavy atom. The first-order valence-electron chi connectivity index (χ1n) is 6.46. The van der Waals surface area contributed by atoms with Crippen molar-refractivity contribution < 1.29 is 9.50 Å². The fourth-order valence-corrected chi connectivity index (χ4v) is 2.88. The van der Waals surface area contributed by atoms with Gasteiger partial charge in [0.2, 0.25) is 0 Å². The van der Waals surface area contributed by atoms with Gasteiger partial charge in [0.05, 0.1) is 0 Å². The average molecular weight is 272 g/mol. The van der Waals surface area contributed by atoms with Crippen molar-refractivity contribution in [1.29, 1.82) is 0 Å². The second-order valence-corrected chi connectivity index (χ2v) is 5.41. The van der Waals surface area contributed by atoms with Crippen LogP contribution in [0.25, 0.3) is 0 Å². The Labute approximate surface area is 112 Å². The summed E-state index contributed by atoms with van der Waals surface area (Å²) in [6, 6.07) is 4.41. The quantitative estimate of drug-likeness (QED) is 0.863. The van der Waals surface area contributed by atoms with Crippen molar-refractivity contribution in [2.75, 3.05) is 13.2 Å². The molecule has 2 unspecified atom stereocenters. The first kappa shape index (κ1) is 13.8. The van der Waals surface area contributed by atoms with Crippen LogP contribution in [0, 0.1) is 17.7 Å². The molecule has 2 rings (SSSR count). The maximum absolute atomic E-state index is 13.1. The normalized spacial score (nSPS) is 23.5. The molecule has 100 valence electrons. The van der Waals surface area contributed by atoms with Crippen LogP contribution in [0.5, 0.6) is 0 Å². The van der Waals surface area contributed by atoms with E-state index in [1.54, 1.807) is 6.07 Å². The van der Waals surface area contributed by atoms with Crippen molar-refractivity contribution in [3.05, 3.63) is 34.6 Å². The molecule has 0 saturated heterocycles. The summed E-state index contributed by atoms with van der Waals surface area (Å²) in [5, 5.41) is 13.1. The zero-order chi connectivity index (χ0) is 13.0. The molecule has 1 fully saturated rings. The molecule has 0 bridgehead atoms. The van der Waals surface area contributed by atoms with Gasteiger partial charge in [-0.1, -0.05) is 18.0 Å². The number of aliphatic hydroxyl groups is 1. The average Bonchev–Trinajstić information content (AvgIpc) is 2.81. The standard InChI is InChI=1S/C14H19ClFNO/c15-14-5-4-13(16)6-12(14)8-17-7-10-2-1-3-11(10)9-18/h4-6,10-11,17-18H,1-3,7-9H2. The van der Waals surface area contributed by atoms with Crippen LogP contribution in [0.3, 0.4) is 0 Å². The van der Waals surface area contributed by atoms with E-state index >= 15 is 0 Å². The van der Waals surface area contributed by atoms with Crippen molar-refractivity contribution in [2.45, 2.75) is 25.8 Å². The lowest BCUT2D eigenvalue weighted by Gasteiger charge is -2.18. The Kier molecular flexibility index (Phi) is 4.98. The highest BCUT2D eigenvalue weighted by atomic mass is 35.5. The van der Waals surface area contributed by atoms with Crippen LogP contribution >= 0.6 is 11.6 Å². The van der Waals surface area contributed by atoms with E-state index < -0.39 is 0 Å². The third-order valence-electron chi connectivity index (χ3n) is 3.78. The summed E-state index contributed by atoms with van der Waals surface area (Å²) in [4.78, 5) is 0. The summed E-state index contributed by atoms with van der Waals surface area (Å²) in [5.41, 5.74) is 0.787. The van der Waals surface area contributed by atoms with E-state index in [0.717, 1.165) is 24.9 Å². The lowest BCUT2D eigenvalue weighted by Crippen LogP contribution is -2.26. The van der Waals surface area contributed by atoms with E-state index in [1.165, 1.54) is 18.6 Å². The molecule has 0 amide bonds. The lowest BCUT2D eigenvalue weighted by molar-refractivity contribution is 0.192. The fourth-order valence-electron chi connectivity index (χ4n) is 2.69. The van der Waals surface area contributed by atoms with Crippen LogP contribution in [0.1, 0.15) is 24.8 Å². The van der Waals surface area contributed by atoms with E-state index in [0.29, 0.717) is 23.4 Å². The number of aliphatic hydroxyl groups excluding tert-OH is 1. The molecule has 2 nitrogen and oxygen atoms in total. The van der Waals surface area contributed by atoms with E-state index in [2.05, 4.69) is 5.32 Å². The van der Waals surface area contributed by atoms with Crippen LogP contribution in [-0.4, -0.2) is 18.3 Å². The van der Waals surface area contributed by atoms with Gasteiger partial charge in [0, 0.05) is 18.2 Å². The van der Waals surface area contributed by atoms with Crippen molar-refractivity contribution in [1.82, 2.24) is 5.32 Å². The third-order valence-corrected chi connectivity index (χ3v) is 4.15. The third kappa shape index (κ3) is 3.44. The van der Waals surface area contributed by atoms with Crippen molar-refractivity contribution in [2.24, 2.45) is 11.8 Å².